The van der Waals surface area contributed by atoms with Gasteiger partial charge in [-0.05, 0) is 19.3 Å². The van der Waals surface area contributed by atoms with Crippen molar-refractivity contribution in [1.29, 1.82) is 0 Å². The van der Waals surface area contributed by atoms with Crippen LogP contribution >= 0.6 is 0 Å². The molecule has 1 aliphatic heterocycles. The molecular formula is C9H14O2. The van der Waals surface area contributed by atoms with Crippen molar-refractivity contribution in [2.45, 2.75) is 25.4 Å². The fourth-order valence-electron chi connectivity index (χ4n) is 1.79. The molecule has 0 radical (unpaired) electrons. The third-order valence-corrected chi connectivity index (χ3v) is 2.71. The van der Waals surface area contributed by atoms with E-state index < -0.39 is 0 Å². The lowest BCUT2D eigenvalue weighted by Crippen LogP contribution is -2.33. The lowest BCUT2D eigenvalue weighted by molar-refractivity contribution is 0.0360. The summed E-state index contributed by atoms with van der Waals surface area (Å²) in [5.41, 5.74) is 1.43. The van der Waals surface area contributed by atoms with Gasteiger partial charge in [0.1, 0.15) is 0 Å². The van der Waals surface area contributed by atoms with E-state index in [9.17, 15) is 5.11 Å². The lowest BCUT2D eigenvalue weighted by Gasteiger charge is -2.35. The predicted octanol–water partition coefficient (Wildman–Crippen LogP) is 1.10. The van der Waals surface area contributed by atoms with Crippen LogP contribution in [0.15, 0.2) is 11.6 Å². The highest BCUT2D eigenvalue weighted by Crippen LogP contribution is 2.35. The van der Waals surface area contributed by atoms with Crippen molar-refractivity contribution in [3.05, 3.63) is 11.6 Å². The zero-order valence-electron chi connectivity index (χ0n) is 6.62. The van der Waals surface area contributed by atoms with Crippen molar-refractivity contribution in [2.75, 3.05) is 13.2 Å². The second-order valence-corrected chi connectivity index (χ2v) is 3.36. The summed E-state index contributed by atoms with van der Waals surface area (Å²) in [6, 6.07) is 0. The van der Waals surface area contributed by atoms with Gasteiger partial charge in [0.05, 0.1) is 19.3 Å². The molecule has 2 heteroatoms. The van der Waals surface area contributed by atoms with Gasteiger partial charge in [0.25, 0.3) is 0 Å². The van der Waals surface area contributed by atoms with Crippen LogP contribution in [0.5, 0.6) is 0 Å². The maximum atomic E-state index is 9.38. The van der Waals surface area contributed by atoms with Gasteiger partial charge < -0.3 is 9.84 Å². The molecule has 1 saturated carbocycles. The van der Waals surface area contributed by atoms with Crippen molar-refractivity contribution in [1.82, 2.24) is 0 Å². The van der Waals surface area contributed by atoms with E-state index >= 15 is 0 Å². The van der Waals surface area contributed by atoms with Gasteiger partial charge in [-0.2, -0.15) is 0 Å². The van der Waals surface area contributed by atoms with Crippen LogP contribution in [0.4, 0.5) is 0 Å². The highest BCUT2D eigenvalue weighted by atomic mass is 16.5. The van der Waals surface area contributed by atoms with Crippen molar-refractivity contribution < 1.29 is 9.84 Å². The fraction of sp³-hybridized carbons (Fsp3) is 0.778. The summed E-state index contributed by atoms with van der Waals surface area (Å²) < 4.78 is 5.20. The largest absolute Gasteiger partial charge is 0.393 e. The number of hydrogen-bond acceptors (Lipinski definition) is 2. The normalized spacial score (nSPS) is 37.7. The summed E-state index contributed by atoms with van der Waals surface area (Å²) in [6.45, 7) is 1.59. The standard InChI is InChI=1S/C9H14O2/c10-9-2-1-8(9)7-3-5-11-6-4-7/h3,8-10H,1-2,4-6H2. The molecule has 0 aromatic carbocycles. The summed E-state index contributed by atoms with van der Waals surface area (Å²) in [4.78, 5) is 0. The topological polar surface area (TPSA) is 29.5 Å². The highest BCUT2D eigenvalue weighted by molar-refractivity contribution is 5.14. The fourth-order valence-corrected chi connectivity index (χ4v) is 1.79. The molecular weight excluding hydrogens is 140 g/mol. The van der Waals surface area contributed by atoms with Gasteiger partial charge in [-0.15, -0.1) is 0 Å². The summed E-state index contributed by atoms with van der Waals surface area (Å²) in [7, 11) is 0. The van der Waals surface area contributed by atoms with Gasteiger partial charge in [0, 0.05) is 5.92 Å². The molecule has 0 spiro atoms. The average Bonchev–Trinajstić information content (AvgIpc) is 2.04. The maximum Gasteiger partial charge on any atom is 0.0650 e. The summed E-state index contributed by atoms with van der Waals surface area (Å²) in [5, 5.41) is 9.38. The molecule has 2 atom stereocenters. The number of aliphatic hydroxyl groups is 1. The number of rotatable bonds is 1. The first-order valence-corrected chi connectivity index (χ1v) is 4.32. The monoisotopic (exact) mass is 154 g/mol. The highest BCUT2D eigenvalue weighted by Gasteiger charge is 2.31. The van der Waals surface area contributed by atoms with Gasteiger partial charge in [-0.1, -0.05) is 11.6 Å². The van der Waals surface area contributed by atoms with Gasteiger partial charge in [-0.3, -0.25) is 0 Å². The first-order chi connectivity index (χ1) is 5.38. The van der Waals surface area contributed by atoms with Crippen LogP contribution < -0.4 is 0 Å². The summed E-state index contributed by atoms with van der Waals surface area (Å²) in [6.07, 6.45) is 5.27. The minimum Gasteiger partial charge on any atom is -0.393 e. The van der Waals surface area contributed by atoms with E-state index in [-0.39, 0.29) is 6.10 Å². The van der Waals surface area contributed by atoms with Crippen LogP contribution in [-0.4, -0.2) is 24.4 Å². The van der Waals surface area contributed by atoms with Gasteiger partial charge in [0.2, 0.25) is 0 Å². The van der Waals surface area contributed by atoms with Gasteiger partial charge >= 0.3 is 0 Å². The first kappa shape index (κ1) is 7.32. The number of aliphatic hydroxyl groups excluding tert-OH is 1. The van der Waals surface area contributed by atoms with Crippen LogP contribution in [0.25, 0.3) is 0 Å². The molecule has 2 nitrogen and oxygen atoms in total. The Morgan fingerprint density at radius 3 is 2.82 bits per heavy atom. The van der Waals surface area contributed by atoms with E-state index in [0.29, 0.717) is 5.92 Å². The zero-order valence-corrected chi connectivity index (χ0v) is 6.62. The Balaban J connectivity index is 1.97. The van der Waals surface area contributed by atoms with E-state index in [2.05, 4.69) is 6.08 Å². The number of ether oxygens (including phenoxy) is 1. The van der Waals surface area contributed by atoms with Gasteiger partial charge in [-0.25, -0.2) is 0 Å². The zero-order chi connectivity index (χ0) is 7.68. The quantitative estimate of drug-likeness (QED) is 0.573. The minimum absolute atomic E-state index is 0.0562. The molecule has 2 aliphatic rings. The Labute approximate surface area is 66.9 Å². The van der Waals surface area contributed by atoms with E-state index in [4.69, 9.17) is 4.74 Å². The maximum absolute atomic E-state index is 9.38. The Morgan fingerprint density at radius 2 is 2.36 bits per heavy atom. The third kappa shape index (κ3) is 1.33. The molecule has 1 aliphatic carbocycles. The molecule has 0 aromatic rings. The molecule has 0 saturated heterocycles. The Bertz CT molecular complexity index is 174. The third-order valence-electron chi connectivity index (χ3n) is 2.71. The van der Waals surface area contributed by atoms with E-state index in [1.54, 1.807) is 0 Å². The molecule has 0 aromatic heterocycles. The van der Waals surface area contributed by atoms with Crippen LogP contribution in [0.1, 0.15) is 19.3 Å². The Morgan fingerprint density at radius 1 is 1.45 bits per heavy atom. The van der Waals surface area contributed by atoms with Crippen LogP contribution in [0, 0.1) is 5.92 Å². The molecule has 11 heavy (non-hydrogen) atoms. The van der Waals surface area contributed by atoms with Crippen molar-refractivity contribution in [3.63, 3.8) is 0 Å². The molecule has 62 valence electrons. The van der Waals surface area contributed by atoms with E-state index in [1.807, 2.05) is 0 Å². The molecule has 2 rings (SSSR count). The predicted molar refractivity (Wildman–Crippen MR) is 42.2 cm³/mol. The Hall–Kier alpha value is -0.340. The summed E-state index contributed by atoms with van der Waals surface area (Å²) >= 11 is 0. The van der Waals surface area contributed by atoms with E-state index in [1.165, 1.54) is 12.0 Å². The molecule has 1 heterocycles. The molecule has 1 fully saturated rings. The minimum atomic E-state index is -0.0562. The van der Waals surface area contributed by atoms with Gasteiger partial charge in [0.15, 0.2) is 0 Å². The van der Waals surface area contributed by atoms with Crippen LogP contribution in [-0.2, 0) is 4.74 Å². The van der Waals surface area contributed by atoms with Crippen molar-refractivity contribution in [3.8, 4) is 0 Å². The lowest BCUT2D eigenvalue weighted by atomic mass is 9.75. The van der Waals surface area contributed by atoms with Crippen molar-refractivity contribution in [2.24, 2.45) is 5.92 Å². The molecule has 0 amide bonds. The van der Waals surface area contributed by atoms with Crippen LogP contribution in [0.3, 0.4) is 0 Å². The second kappa shape index (κ2) is 2.95. The summed E-state index contributed by atoms with van der Waals surface area (Å²) in [5.74, 6) is 0.471. The van der Waals surface area contributed by atoms with Crippen LogP contribution in [0.2, 0.25) is 0 Å². The SMILES string of the molecule is OC1CCC1C1=CCOCC1. The average molecular weight is 154 g/mol. The Kier molecular flexibility index (Phi) is 1.96. The number of hydrogen-bond donors (Lipinski definition) is 1. The first-order valence-electron chi connectivity index (χ1n) is 4.32. The molecule has 2 unspecified atom stereocenters. The van der Waals surface area contributed by atoms with E-state index in [0.717, 1.165) is 26.1 Å². The molecule has 1 N–H and O–H groups in total. The smallest absolute Gasteiger partial charge is 0.0650 e. The molecule has 0 bridgehead atoms. The second-order valence-electron chi connectivity index (χ2n) is 3.36. The van der Waals surface area contributed by atoms with Crippen molar-refractivity contribution >= 4 is 0 Å².